The highest BCUT2D eigenvalue weighted by molar-refractivity contribution is 6.05. The normalized spacial score (nSPS) is 19.1. The topological polar surface area (TPSA) is 76.4 Å². The van der Waals surface area contributed by atoms with E-state index in [4.69, 9.17) is 5.26 Å². The largest absolute Gasteiger partial charge is 0.416 e. The maximum Gasteiger partial charge on any atom is 0.416 e. The fraction of sp³-hybridized carbons (Fsp3) is 0.227. The Labute approximate surface area is 176 Å². The molecular formula is C22H17F3N4O2. The highest BCUT2D eigenvalue weighted by atomic mass is 19.4. The summed E-state index contributed by atoms with van der Waals surface area (Å²) in [5, 5.41) is 11.8. The van der Waals surface area contributed by atoms with Crippen LogP contribution in [0.25, 0.3) is 0 Å². The predicted molar refractivity (Wildman–Crippen MR) is 106 cm³/mol. The number of anilines is 1. The van der Waals surface area contributed by atoms with Gasteiger partial charge in [-0.1, -0.05) is 18.2 Å². The van der Waals surface area contributed by atoms with E-state index in [1.165, 1.54) is 17.0 Å². The van der Waals surface area contributed by atoms with Crippen LogP contribution >= 0.6 is 0 Å². The standard InChI is InChI=1S/C22H17F3N4O2/c1-28-10-9-17-18(20(28)30)19(14-7-5-13(12-26)6-8-14)27-21(31)29(17)16-4-2-3-15(11-16)22(23,24)25/h2-8,11,19H,9-10H2,1H3,(H,27,31)/t19-/m1/s1. The molecule has 0 spiro atoms. The number of urea groups is 1. The highest BCUT2D eigenvalue weighted by Gasteiger charge is 2.41. The van der Waals surface area contributed by atoms with Gasteiger partial charge in [0.15, 0.2) is 0 Å². The summed E-state index contributed by atoms with van der Waals surface area (Å²) in [4.78, 5) is 28.7. The molecule has 3 amide bonds. The molecule has 0 saturated carbocycles. The molecule has 0 aliphatic carbocycles. The quantitative estimate of drug-likeness (QED) is 0.790. The fourth-order valence-corrected chi connectivity index (χ4v) is 3.84. The van der Waals surface area contributed by atoms with Gasteiger partial charge in [-0.15, -0.1) is 0 Å². The van der Waals surface area contributed by atoms with Crippen molar-refractivity contribution >= 4 is 17.6 Å². The summed E-state index contributed by atoms with van der Waals surface area (Å²) in [5.74, 6) is -0.312. The van der Waals surface area contributed by atoms with E-state index >= 15 is 0 Å². The number of likely N-dealkylation sites (N-methyl/N-ethyl adjacent to an activating group) is 1. The molecule has 6 nitrogen and oxygen atoms in total. The SMILES string of the molecule is CN1CCC2=C(C1=O)[C@@H](c1ccc(C#N)cc1)NC(=O)N2c1cccc(C(F)(F)F)c1. The van der Waals surface area contributed by atoms with Crippen LogP contribution in [0, 0.1) is 11.3 Å². The van der Waals surface area contributed by atoms with Gasteiger partial charge < -0.3 is 10.2 Å². The Morgan fingerprint density at radius 3 is 2.48 bits per heavy atom. The zero-order valence-electron chi connectivity index (χ0n) is 16.4. The van der Waals surface area contributed by atoms with Gasteiger partial charge in [-0.25, -0.2) is 4.79 Å². The Hall–Kier alpha value is -3.80. The minimum atomic E-state index is -4.56. The predicted octanol–water partition coefficient (Wildman–Crippen LogP) is 3.96. The molecule has 0 saturated heterocycles. The Kier molecular flexibility index (Phi) is 4.93. The molecule has 0 bridgehead atoms. The van der Waals surface area contributed by atoms with Crippen molar-refractivity contribution in [2.75, 3.05) is 18.5 Å². The van der Waals surface area contributed by atoms with Gasteiger partial charge in [0.05, 0.1) is 34.5 Å². The van der Waals surface area contributed by atoms with Crippen molar-refractivity contribution in [2.24, 2.45) is 0 Å². The number of carbonyl (C=O) groups excluding carboxylic acids is 2. The molecule has 2 aromatic carbocycles. The lowest BCUT2D eigenvalue weighted by atomic mass is 9.89. The third-order valence-electron chi connectivity index (χ3n) is 5.41. The van der Waals surface area contributed by atoms with E-state index in [-0.39, 0.29) is 11.6 Å². The first-order valence-corrected chi connectivity index (χ1v) is 9.47. The van der Waals surface area contributed by atoms with Crippen LogP contribution in [-0.4, -0.2) is 30.4 Å². The Balaban J connectivity index is 1.85. The number of alkyl halides is 3. The number of hydrogen-bond acceptors (Lipinski definition) is 3. The van der Waals surface area contributed by atoms with Crippen molar-refractivity contribution in [3.05, 3.63) is 76.5 Å². The molecule has 9 heteroatoms. The second-order valence-corrected chi connectivity index (χ2v) is 7.34. The van der Waals surface area contributed by atoms with E-state index in [0.717, 1.165) is 17.0 Å². The van der Waals surface area contributed by atoms with Crippen molar-refractivity contribution in [3.8, 4) is 6.07 Å². The minimum Gasteiger partial charge on any atom is -0.341 e. The van der Waals surface area contributed by atoms with Crippen molar-refractivity contribution in [3.63, 3.8) is 0 Å². The fourth-order valence-electron chi connectivity index (χ4n) is 3.84. The van der Waals surface area contributed by atoms with Crippen molar-refractivity contribution in [1.82, 2.24) is 10.2 Å². The summed E-state index contributed by atoms with van der Waals surface area (Å²) < 4.78 is 39.6. The van der Waals surface area contributed by atoms with Crippen LogP contribution in [-0.2, 0) is 11.0 Å². The lowest BCUT2D eigenvalue weighted by Gasteiger charge is -2.41. The molecule has 1 N–H and O–H groups in total. The van der Waals surface area contributed by atoms with E-state index < -0.39 is 23.8 Å². The number of nitriles is 1. The molecule has 1 atom stereocenters. The van der Waals surface area contributed by atoms with Crippen LogP contribution < -0.4 is 10.2 Å². The van der Waals surface area contributed by atoms with Gasteiger partial charge in [0.1, 0.15) is 0 Å². The average Bonchev–Trinajstić information content (AvgIpc) is 2.75. The summed E-state index contributed by atoms with van der Waals surface area (Å²) in [5.41, 5.74) is 0.866. The molecule has 2 aliphatic rings. The molecular weight excluding hydrogens is 409 g/mol. The lowest BCUT2D eigenvalue weighted by Crippen LogP contribution is -2.52. The Morgan fingerprint density at radius 1 is 1.13 bits per heavy atom. The number of halogens is 3. The summed E-state index contributed by atoms with van der Waals surface area (Å²) in [6.45, 7) is 0.334. The molecule has 2 aromatic rings. The van der Waals surface area contributed by atoms with Gasteiger partial charge in [0.2, 0.25) is 0 Å². The van der Waals surface area contributed by atoms with Gasteiger partial charge in [-0.3, -0.25) is 9.69 Å². The van der Waals surface area contributed by atoms with E-state index in [9.17, 15) is 22.8 Å². The lowest BCUT2D eigenvalue weighted by molar-refractivity contribution is -0.137. The molecule has 2 heterocycles. The number of nitrogens with one attached hydrogen (secondary N) is 1. The zero-order valence-corrected chi connectivity index (χ0v) is 16.4. The first-order valence-electron chi connectivity index (χ1n) is 9.47. The summed E-state index contributed by atoms with van der Waals surface area (Å²) >= 11 is 0. The second-order valence-electron chi connectivity index (χ2n) is 7.34. The van der Waals surface area contributed by atoms with E-state index in [1.54, 1.807) is 31.3 Å². The number of amides is 3. The van der Waals surface area contributed by atoms with E-state index in [2.05, 4.69) is 5.32 Å². The number of carbonyl (C=O) groups is 2. The Morgan fingerprint density at radius 2 is 1.84 bits per heavy atom. The average molecular weight is 426 g/mol. The van der Waals surface area contributed by atoms with Crippen molar-refractivity contribution in [1.29, 1.82) is 5.26 Å². The molecule has 0 aromatic heterocycles. The summed E-state index contributed by atoms with van der Waals surface area (Å²) in [6.07, 6.45) is -4.25. The van der Waals surface area contributed by atoms with Crippen LogP contribution in [0.15, 0.2) is 59.8 Å². The number of rotatable bonds is 2. The molecule has 0 radical (unpaired) electrons. The van der Waals surface area contributed by atoms with Gasteiger partial charge in [-0.2, -0.15) is 18.4 Å². The molecule has 0 unspecified atom stereocenters. The zero-order chi connectivity index (χ0) is 22.3. The maximum absolute atomic E-state index is 13.2. The van der Waals surface area contributed by atoms with Gasteiger partial charge >= 0.3 is 12.2 Å². The number of nitrogens with zero attached hydrogens (tertiary/aromatic N) is 3. The van der Waals surface area contributed by atoms with Crippen LogP contribution in [0.1, 0.15) is 29.2 Å². The number of benzene rings is 2. The second kappa shape index (κ2) is 7.47. The summed E-state index contributed by atoms with van der Waals surface area (Å²) in [7, 11) is 1.63. The van der Waals surface area contributed by atoms with Gasteiger partial charge in [0, 0.05) is 25.7 Å². The van der Waals surface area contributed by atoms with Crippen molar-refractivity contribution < 1.29 is 22.8 Å². The summed E-state index contributed by atoms with van der Waals surface area (Å²) in [6, 6.07) is 11.5. The van der Waals surface area contributed by atoms with E-state index in [0.29, 0.717) is 35.4 Å². The van der Waals surface area contributed by atoms with Gasteiger partial charge in [-0.05, 0) is 35.9 Å². The maximum atomic E-state index is 13.2. The van der Waals surface area contributed by atoms with Crippen LogP contribution in [0.4, 0.5) is 23.7 Å². The first kappa shape index (κ1) is 20.5. The highest BCUT2D eigenvalue weighted by Crippen LogP contribution is 2.39. The molecule has 31 heavy (non-hydrogen) atoms. The minimum absolute atomic E-state index is 0.0375. The van der Waals surface area contributed by atoms with Crippen LogP contribution in [0.2, 0.25) is 0 Å². The Bertz CT molecular complexity index is 1130. The van der Waals surface area contributed by atoms with Crippen LogP contribution in [0.3, 0.4) is 0 Å². The molecule has 0 fully saturated rings. The molecule has 2 aliphatic heterocycles. The molecule has 158 valence electrons. The monoisotopic (exact) mass is 426 g/mol. The first-order chi connectivity index (χ1) is 14.7. The smallest absolute Gasteiger partial charge is 0.341 e. The van der Waals surface area contributed by atoms with Gasteiger partial charge in [0.25, 0.3) is 5.91 Å². The third-order valence-corrected chi connectivity index (χ3v) is 5.41. The van der Waals surface area contributed by atoms with Crippen LogP contribution in [0.5, 0.6) is 0 Å². The third kappa shape index (κ3) is 3.61. The van der Waals surface area contributed by atoms with E-state index in [1.807, 2.05) is 6.07 Å². The molecule has 4 rings (SSSR count). The van der Waals surface area contributed by atoms with Crippen molar-refractivity contribution in [2.45, 2.75) is 18.6 Å². The number of hydrogen-bond donors (Lipinski definition) is 1.